The van der Waals surface area contributed by atoms with Gasteiger partial charge in [-0.05, 0) is 45.3 Å². The molecule has 0 spiro atoms. The zero-order valence-electron chi connectivity index (χ0n) is 15.2. The number of halogens is 1. The summed E-state index contributed by atoms with van der Waals surface area (Å²) >= 11 is 1.81. The molecule has 1 saturated heterocycles. The average molecular weight is 466 g/mol. The Balaban J connectivity index is 0.00000288. The summed E-state index contributed by atoms with van der Waals surface area (Å²) < 4.78 is 5.73. The summed E-state index contributed by atoms with van der Waals surface area (Å²) in [5.74, 6) is 1.00. The van der Waals surface area contributed by atoms with Gasteiger partial charge in [0.15, 0.2) is 5.96 Å². The lowest BCUT2D eigenvalue weighted by molar-refractivity contribution is 0.0263. The van der Waals surface area contributed by atoms with Crippen molar-refractivity contribution in [1.29, 1.82) is 0 Å². The Kier molecular flexibility index (Phi) is 10.2. The maximum Gasteiger partial charge on any atom is 0.193 e. The van der Waals surface area contributed by atoms with E-state index in [0.29, 0.717) is 12.1 Å². The van der Waals surface area contributed by atoms with Gasteiger partial charge < -0.3 is 19.9 Å². The van der Waals surface area contributed by atoms with Crippen LogP contribution in [-0.4, -0.2) is 69.2 Å². The molecule has 1 fully saturated rings. The van der Waals surface area contributed by atoms with Crippen LogP contribution in [-0.2, 0) is 4.74 Å². The van der Waals surface area contributed by atoms with Crippen molar-refractivity contribution in [2.75, 3.05) is 47.4 Å². The molecule has 24 heavy (non-hydrogen) atoms. The lowest BCUT2D eigenvalue weighted by Gasteiger charge is -2.35. The van der Waals surface area contributed by atoms with Crippen molar-refractivity contribution in [1.82, 2.24) is 15.1 Å². The monoisotopic (exact) mass is 466 g/mol. The minimum Gasteiger partial charge on any atom is -0.378 e. The summed E-state index contributed by atoms with van der Waals surface area (Å²) in [6, 6.07) is 4.68. The summed E-state index contributed by atoms with van der Waals surface area (Å²) in [5, 5.41) is 5.69. The second-order valence-electron chi connectivity index (χ2n) is 6.06. The average Bonchev–Trinajstić information content (AvgIpc) is 3.06. The van der Waals surface area contributed by atoms with Crippen molar-refractivity contribution in [3.63, 3.8) is 0 Å². The molecule has 1 aromatic rings. The zero-order chi connectivity index (χ0) is 16.7. The Bertz CT molecular complexity index is 473. The summed E-state index contributed by atoms with van der Waals surface area (Å²) in [6.45, 7) is 5.76. The summed E-state index contributed by atoms with van der Waals surface area (Å²) in [7, 11) is 6.12. The topological polar surface area (TPSA) is 40.1 Å². The zero-order valence-corrected chi connectivity index (χ0v) is 18.3. The van der Waals surface area contributed by atoms with E-state index in [1.54, 1.807) is 0 Å². The predicted molar refractivity (Wildman–Crippen MR) is 114 cm³/mol. The van der Waals surface area contributed by atoms with Gasteiger partial charge in [-0.2, -0.15) is 0 Å². The van der Waals surface area contributed by atoms with Crippen LogP contribution < -0.4 is 5.32 Å². The molecule has 7 heteroatoms. The van der Waals surface area contributed by atoms with Gasteiger partial charge >= 0.3 is 0 Å². The number of likely N-dealkylation sites (N-methyl/N-ethyl adjacent to an activating group) is 1. The highest BCUT2D eigenvalue weighted by molar-refractivity contribution is 14.0. The first kappa shape index (κ1) is 21.7. The van der Waals surface area contributed by atoms with Gasteiger partial charge in [0.1, 0.15) is 0 Å². The first-order chi connectivity index (χ1) is 11.2. The third-order valence-corrected chi connectivity index (χ3v) is 5.28. The van der Waals surface area contributed by atoms with E-state index >= 15 is 0 Å². The lowest BCUT2D eigenvalue weighted by Crippen LogP contribution is -2.48. The van der Waals surface area contributed by atoms with E-state index < -0.39 is 0 Å². The van der Waals surface area contributed by atoms with Gasteiger partial charge in [-0.1, -0.05) is 6.07 Å². The fourth-order valence-corrected chi connectivity index (χ4v) is 3.93. The van der Waals surface area contributed by atoms with Gasteiger partial charge in [0.25, 0.3) is 0 Å². The van der Waals surface area contributed by atoms with Crippen molar-refractivity contribution in [2.45, 2.75) is 31.9 Å². The van der Waals surface area contributed by atoms with Crippen LogP contribution in [0.2, 0.25) is 0 Å². The van der Waals surface area contributed by atoms with E-state index in [4.69, 9.17) is 4.74 Å². The number of nitrogens with one attached hydrogen (secondary N) is 1. The molecule has 0 aromatic carbocycles. The molecule has 1 aromatic heterocycles. The molecular formula is C17H31IN4OS. The summed E-state index contributed by atoms with van der Waals surface area (Å²) in [5.41, 5.74) is 0. The van der Waals surface area contributed by atoms with Crippen molar-refractivity contribution in [3.8, 4) is 0 Å². The van der Waals surface area contributed by atoms with Gasteiger partial charge in [0.05, 0.1) is 12.1 Å². The highest BCUT2D eigenvalue weighted by Crippen LogP contribution is 2.22. The Morgan fingerprint density at radius 1 is 1.46 bits per heavy atom. The maximum absolute atomic E-state index is 5.73. The second-order valence-corrected chi connectivity index (χ2v) is 7.04. The molecule has 0 amide bonds. The number of aliphatic imine (C=N–C) groups is 1. The molecule has 1 aliphatic heterocycles. The SMILES string of the molecule is CCOC1CCN(C(=NC)NCC(c2cccs2)N(C)C)CC1.I. The van der Waals surface area contributed by atoms with Crippen molar-refractivity contribution in [3.05, 3.63) is 22.4 Å². The number of nitrogens with zero attached hydrogens (tertiary/aromatic N) is 3. The third kappa shape index (κ3) is 6.16. The van der Waals surface area contributed by atoms with Crippen LogP contribution >= 0.6 is 35.3 Å². The first-order valence-corrected chi connectivity index (χ1v) is 9.30. The van der Waals surface area contributed by atoms with E-state index in [-0.39, 0.29) is 24.0 Å². The van der Waals surface area contributed by atoms with Gasteiger partial charge in [-0.15, -0.1) is 35.3 Å². The maximum atomic E-state index is 5.73. The molecule has 1 unspecified atom stereocenters. The Hall–Kier alpha value is -0.380. The number of guanidine groups is 1. The van der Waals surface area contributed by atoms with Gasteiger partial charge in [0, 0.05) is 38.2 Å². The standard InChI is InChI=1S/C17H30N4OS.HI/c1-5-22-14-8-10-21(11-9-14)17(18-2)19-13-15(20(3)4)16-7-6-12-23-16;/h6-7,12,14-15H,5,8-11,13H2,1-4H3,(H,18,19);1H. The first-order valence-electron chi connectivity index (χ1n) is 8.42. The molecule has 1 aliphatic rings. The van der Waals surface area contributed by atoms with Crippen LogP contribution in [0, 0.1) is 0 Å². The van der Waals surface area contributed by atoms with Crippen LogP contribution in [0.1, 0.15) is 30.7 Å². The normalized spacial score (nSPS) is 17.7. The molecular weight excluding hydrogens is 435 g/mol. The number of ether oxygens (including phenoxy) is 1. The Morgan fingerprint density at radius 2 is 2.17 bits per heavy atom. The summed E-state index contributed by atoms with van der Waals surface area (Å²) in [4.78, 5) is 10.5. The van der Waals surface area contributed by atoms with E-state index in [0.717, 1.165) is 45.0 Å². The number of hydrogen-bond donors (Lipinski definition) is 1. The predicted octanol–water partition coefficient (Wildman–Crippen LogP) is 3.05. The van der Waals surface area contributed by atoms with Crippen LogP contribution in [0.4, 0.5) is 0 Å². The fraction of sp³-hybridized carbons (Fsp3) is 0.706. The van der Waals surface area contributed by atoms with Gasteiger partial charge in [-0.3, -0.25) is 4.99 Å². The Labute approximate surface area is 167 Å². The van der Waals surface area contributed by atoms with E-state index in [9.17, 15) is 0 Å². The number of thiophene rings is 1. The van der Waals surface area contributed by atoms with Crippen molar-refractivity contribution in [2.24, 2.45) is 4.99 Å². The minimum absolute atomic E-state index is 0. The molecule has 5 nitrogen and oxygen atoms in total. The van der Waals surface area contributed by atoms with Crippen molar-refractivity contribution < 1.29 is 4.74 Å². The second kappa shape index (κ2) is 11.3. The Morgan fingerprint density at radius 3 is 2.67 bits per heavy atom. The van der Waals surface area contributed by atoms with Gasteiger partial charge in [0.2, 0.25) is 0 Å². The van der Waals surface area contributed by atoms with Crippen LogP contribution in [0.5, 0.6) is 0 Å². The molecule has 2 heterocycles. The number of likely N-dealkylation sites (tertiary alicyclic amines) is 1. The molecule has 1 N–H and O–H groups in total. The van der Waals surface area contributed by atoms with Crippen molar-refractivity contribution >= 4 is 41.3 Å². The molecule has 2 rings (SSSR count). The number of rotatable bonds is 6. The largest absolute Gasteiger partial charge is 0.378 e. The van der Waals surface area contributed by atoms with E-state index in [1.165, 1.54) is 4.88 Å². The highest BCUT2D eigenvalue weighted by Gasteiger charge is 2.23. The van der Waals surface area contributed by atoms with Crippen LogP contribution in [0.15, 0.2) is 22.5 Å². The third-order valence-electron chi connectivity index (χ3n) is 4.30. The molecule has 0 radical (unpaired) electrons. The smallest absolute Gasteiger partial charge is 0.193 e. The molecule has 0 aliphatic carbocycles. The lowest BCUT2D eigenvalue weighted by atomic mass is 10.1. The van der Waals surface area contributed by atoms with E-state index in [1.807, 2.05) is 18.4 Å². The number of hydrogen-bond acceptors (Lipinski definition) is 4. The quantitative estimate of drug-likeness (QED) is 0.398. The van der Waals surface area contributed by atoms with E-state index in [2.05, 4.69) is 58.6 Å². The minimum atomic E-state index is 0. The highest BCUT2D eigenvalue weighted by atomic mass is 127. The van der Waals surface area contributed by atoms with Crippen LogP contribution in [0.3, 0.4) is 0 Å². The fourth-order valence-electron chi connectivity index (χ4n) is 3.01. The van der Waals surface area contributed by atoms with Crippen LogP contribution in [0.25, 0.3) is 0 Å². The summed E-state index contributed by atoms with van der Waals surface area (Å²) in [6.07, 6.45) is 2.57. The molecule has 0 saturated carbocycles. The molecule has 138 valence electrons. The number of piperidine rings is 1. The molecule has 1 atom stereocenters. The molecule has 0 bridgehead atoms. The van der Waals surface area contributed by atoms with Gasteiger partial charge in [-0.25, -0.2) is 0 Å².